The summed E-state index contributed by atoms with van der Waals surface area (Å²) in [6, 6.07) is 14.1. The smallest absolute Gasteiger partial charge is 0.243 e. The summed E-state index contributed by atoms with van der Waals surface area (Å²) in [7, 11) is -3.57. The summed E-state index contributed by atoms with van der Waals surface area (Å²) in [5, 5.41) is 0. The van der Waals surface area contributed by atoms with Crippen LogP contribution >= 0.6 is 0 Å². The molecule has 0 aliphatic carbocycles. The molecule has 24 heavy (non-hydrogen) atoms. The lowest BCUT2D eigenvalue weighted by molar-refractivity contribution is 0.101. The van der Waals surface area contributed by atoms with Gasteiger partial charge >= 0.3 is 0 Å². The fourth-order valence-corrected chi connectivity index (χ4v) is 4.83. The molecule has 0 unspecified atom stereocenters. The van der Waals surface area contributed by atoms with Crippen molar-refractivity contribution in [1.82, 2.24) is 4.31 Å². The zero-order chi connectivity index (χ0) is 17.3. The monoisotopic (exact) mass is 343 g/mol. The molecule has 2 aromatic carbocycles. The molecule has 0 amide bonds. The lowest BCUT2D eigenvalue weighted by Crippen LogP contribution is -2.30. The van der Waals surface area contributed by atoms with Crippen LogP contribution in [0.1, 0.15) is 47.3 Å². The van der Waals surface area contributed by atoms with E-state index in [1.54, 1.807) is 16.4 Å². The number of ketones is 1. The Hall–Kier alpha value is -1.98. The van der Waals surface area contributed by atoms with Crippen molar-refractivity contribution in [2.45, 2.75) is 37.6 Å². The van der Waals surface area contributed by atoms with Crippen molar-refractivity contribution in [2.75, 3.05) is 6.54 Å². The molecular formula is C19H21NO3S. The quantitative estimate of drug-likeness (QED) is 0.795. The first-order valence-corrected chi connectivity index (χ1v) is 9.53. The van der Waals surface area contributed by atoms with Crippen LogP contribution in [0.4, 0.5) is 0 Å². The van der Waals surface area contributed by atoms with Gasteiger partial charge in [0.25, 0.3) is 0 Å². The maximum atomic E-state index is 13.0. The van der Waals surface area contributed by atoms with Gasteiger partial charge in [0.2, 0.25) is 10.0 Å². The number of sulfonamides is 1. The van der Waals surface area contributed by atoms with Crippen LogP contribution in [-0.2, 0) is 10.0 Å². The SMILES string of the molecule is CC(=O)c1ccc(S(=O)(=O)N2CCC[C@@H]2c2ccc(C)cc2)cc1. The molecule has 5 heteroatoms. The van der Waals surface area contributed by atoms with E-state index in [1.807, 2.05) is 31.2 Å². The second-order valence-corrected chi connectivity index (χ2v) is 8.16. The molecular weight excluding hydrogens is 322 g/mol. The first kappa shape index (κ1) is 16.9. The largest absolute Gasteiger partial charge is 0.295 e. The summed E-state index contributed by atoms with van der Waals surface area (Å²) < 4.78 is 27.6. The summed E-state index contributed by atoms with van der Waals surface area (Å²) in [6.07, 6.45) is 1.68. The van der Waals surface area contributed by atoms with Crippen molar-refractivity contribution in [3.63, 3.8) is 0 Å². The molecule has 0 saturated carbocycles. The van der Waals surface area contributed by atoms with E-state index in [9.17, 15) is 13.2 Å². The number of hydrogen-bond acceptors (Lipinski definition) is 3. The highest BCUT2D eigenvalue weighted by molar-refractivity contribution is 7.89. The fraction of sp³-hybridized carbons (Fsp3) is 0.316. The summed E-state index contributed by atoms with van der Waals surface area (Å²) in [5.41, 5.74) is 2.71. The third-order valence-electron chi connectivity index (χ3n) is 4.53. The Morgan fingerprint density at radius 2 is 1.67 bits per heavy atom. The lowest BCUT2D eigenvalue weighted by Gasteiger charge is -2.24. The van der Waals surface area contributed by atoms with Gasteiger partial charge in [-0.3, -0.25) is 4.79 Å². The lowest BCUT2D eigenvalue weighted by atomic mass is 10.0. The van der Waals surface area contributed by atoms with Crippen LogP contribution in [-0.4, -0.2) is 25.1 Å². The van der Waals surface area contributed by atoms with Crippen LogP contribution in [0.15, 0.2) is 53.4 Å². The molecule has 2 aromatic rings. The van der Waals surface area contributed by atoms with Gasteiger partial charge in [-0.2, -0.15) is 4.31 Å². The number of benzene rings is 2. The predicted molar refractivity (Wildman–Crippen MR) is 93.5 cm³/mol. The van der Waals surface area contributed by atoms with Gasteiger partial charge in [-0.1, -0.05) is 42.0 Å². The molecule has 1 aliphatic heterocycles. The van der Waals surface area contributed by atoms with E-state index in [2.05, 4.69) is 0 Å². The number of nitrogens with zero attached hydrogens (tertiary/aromatic N) is 1. The van der Waals surface area contributed by atoms with Gasteiger partial charge in [-0.25, -0.2) is 8.42 Å². The molecule has 1 atom stereocenters. The molecule has 4 nitrogen and oxygen atoms in total. The third-order valence-corrected chi connectivity index (χ3v) is 6.46. The predicted octanol–water partition coefficient (Wildman–Crippen LogP) is 3.72. The Labute approximate surface area is 143 Å². The summed E-state index contributed by atoms with van der Waals surface area (Å²) in [5.74, 6) is -0.0716. The van der Waals surface area contributed by atoms with Crippen LogP contribution in [0.2, 0.25) is 0 Å². The van der Waals surface area contributed by atoms with Crippen molar-refractivity contribution in [3.05, 3.63) is 65.2 Å². The Balaban J connectivity index is 1.93. The van der Waals surface area contributed by atoms with Gasteiger partial charge in [0, 0.05) is 12.1 Å². The number of rotatable bonds is 4. The molecule has 3 rings (SSSR count). The standard InChI is InChI=1S/C19H21NO3S/c1-14-5-7-17(8-6-14)19-4-3-13-20(19)24(22,23)18-11-9-16(10-12-18)15(2)21/h5-12,19H,3-4,13H2,1-2H3/t19-/m1/s1. The van der Waals surface area contributed by atoms with Crippen molar-refractivity contribution in [2.24, 2.45) is 0 Å². The fourth-order valence-electron chi connectivity index (χ4n) is 3.15. The minimum absolute atomic E-state index is 0.0716. The molecule has 0 spiro atoms. The summed E-state index contributed by atoms with van der Waals surface area (Å²) in [6.45, 7) is 4.01. The molecule has 1 heterocycles. The van der Waals surface area contributed by atoms with Crippen LogP contribution in [0.25, 0.3) is 0 Å². The molecule has 0 aromatic heterocycles. The van der Waals surface area contributed by atoms with Crippen molar-refractivity contribution in [1.29, 1.82) is 0 Å². The first-order chi connectivity index (χ1) is 11.4. The highest BCUT2D eigenvalue weighted by atomic mass is 32.2. The highest BCUT2D eigenvalue weighted by Crippen LogP contribution is 2.36. The van der Waals surface area contributed by atoms with E-state index in [1.165, 1.54) is 19.1 Å². The second-order valence-electron chi connectivity index (χ2n) is 6.27. The Kier molecular flexibility index (Phi) is 4.56. The summed E-state index contributed by atoms with van der Waals surface area (Å²) >= 11 is 0. The van der Waals surface area contributed by atoms with E-state index in [0.717, 1.165) is 24.0 Å². The van der Waals surface area contributed by atoms with Crippen LogP contribution in [0.3, 0.4) is 0 Å². The molecule has 1 fully saturated rings. The Morgan fingerprint density at radius 1 is 1.04 bits per heavy atom. The summed E-state index contributed by atoms with van der Waals surface area (Å²) in [4.78, 5) is 11.6. The molecule has 0 N–H and O–H groups in total. The van der Waals surface area contributed by atoms with Gasteiger partial charge < -0.3 is 0 Å². The van der Waals surface area contributed by atoms with Gasteiger partial charge in [-0.15, -0.1) is 0 Å². The molecule has 1 aliphatic rings. The number of Topliss-reactive ketones (excluding diaryl/α,β-unsaturated/α-hetero) is 1. The third kappa shape index (κ3) is 3.14. The maximum absolute atomic E-state index is 13.0. The van der Waals surface area contributed by atoms with E-state index in [0.29, 0.717) is 12.1 Å². The number of aryl methyl sites for hydroxylation is 1. The van der Waals surface area contributed by atoms with Crippen molar-refractivity contribution >= 4 is 15.8 Å². The topological polar surface area (TPSA) is 54.5 Å². The normalized spacial score (nSPS) is 18.7. The van der Waals surface area contributed by atoms with Crippen LogP contribution in [0.5, 0.6) is 0 Å². The van der Waals surface area contributed by atoms with Crippen LogP contribution in [0, 0.1) is 6.92 Å². The van der Waals surface area contributed by atoms with Crippen LogP contribution < -0.4 is 0 Å². The van der Waals surface area contributed by atoms with Crippen molar-refractivity contribution in [3.8, 4) is 0 Å². The van der Waals surface area contributed by atoms with Gasteiger partial charge in [0.15, 0.2) is 5.78 Å². The molecule has 0 bridgehead atoms. The minimum Gasteiger partial charge on any atom is -0.295 e. The number of carbonyl (C=O) groups is 1. The van der Waals surface area contributed by atoms with Crippen molar-refractivity contribution < 1.29 is 13.2 Å². The number of hydrogen-bond donors (Lipinski definition) is 0. The molecule has 126 valence electrons. The van der Waals surface area contributed by atoms with E-state index in [-0.39, 0.29) is 16.7 Å². The first-order valence-electron chi connectivity index (χ1n) is 8.09. The van der Waals surface area contributed by atoms with Gasteiger partial charge in [-0.05, 0) is 44.4 Å². The zero-order valence-electron chi connectivity index (χ0n) is 13.9. The van der Waals surface area contributed by atoms with E-state index < -0.39 is 10.0 Å². The Bertz CT molecular complexity index is 839. The molecule has 0 radical (unpaired) electrons. The Morgan fingerprint density at radius 3 is 2.25 bits per heavy atom. The molecule has 1 saturated heterocycles. The second kappa shape index (κ2) is 6.49. The average Bonchev–Trinajstić information content (AvgIpc) is 3.06. The van der Waals surface area contributed by atoms with Gasteiger partial charge in [0.1, 0.15) is 0 Å². The number of carbonyl (C=O) groups excluding carboxylic acids is 1. The highest BCUT2D eigenvalue weighted by Gasteiger charge is 2.36. The minimum atomic E-state index is -3.57. The average molecular weight is 343 g/mol. The van der Waals surface area contributed by atoms with E-state index >= 15 is 0 Å². The zero-order valence-corrected chi connectivity index (χ0v) is 14.7. The maximum Gasteiger partial charge on any atom is 0.243 e. The van der Waals surface area contributed by atoms with Gasteiger partial charge in [0.05, 0.1) is 10.9 Å². The van der Waals surface area contributed by atoms with E-state index in [4.69, 9.17) is 0 Å².